The molecule has 1 aromatic carbocycles. The summed E-state index contributed by atoms with van der Waals surface area (Å²) in [4.78, 5) is 0. The first-order valence-corrected chi connectivity index (χ1v) is 8.62. The Bertz CT molecular complexity index is 517. The quantitative estimate of drug-likeness (QED) is 0.897. The number of nitrogens with one attached hydrogen (secondary N) is 1. The van der Waals surface area contributed by atoms with Crippen molar-refractivity contribution in [3.63, 3.8) is 0 Å². The average molecular weight is 281 g/mol. The fraction of sp³-hybridized carbons (Fsp3) is 0.600. The molecule has 1 fully saturated rings. The molecular formula is C15H23NO2S. The standard InChI is InChI=1S/C15H23NO2S/c1-12(2)10-13-6-5-7-14(11-13)16-19(17,18)15-8-3-4-9-15/h5-7,11-12,15-16H,3-4,8-10H2,1-2H3. The average Bonchev–Trinajstić information content (AvgIpc) is 2.81. The van der Waals surface area contributed by atoms with Gasteiger partial charge in [-0.1, -0.05) is 38.8 Å². The van der Waals surface area contributed by atoms with Gasteiger partial charge in [0.05, 0.1) is 5.25 Å². The van der Waals surface area contributed by atoms with Crippen molar-refractivity contribution in [1.29, 1.82) is 0 Å². The summed E-state index contributed by atoms with van der Waals surface area (Å²) in [6.07, 6.45) is 4.61. The highest BCUT2D eigenvalue weighted by molar-refractivity contribution is 7.93. The third kappa shape index (κ3) is 3.96. The highest BCUT2D eigenvalue weighted by Gasteiger charge is 2.28. The molecule has 0 heterocycles. The zero-order valence-electron chi connectivity index (χ0n) is 11.7. The van der Waals surface area contributed by atoms with Crippen LogP contribution < -0.4 is 4.72 Å². The lowest BCUT2D eigenvalue weighted by atomic mass is 10.0. The van der Waals surface area contributed by atoms with Gasteiger partial charge in [-0.25, -0.2) is 8.42 Å². The van der Waals surface area contributed by atoms with Gasteiger partial charge in [0, 0.05) is 5.69 Å². The molecule has 106 valence electrons. The van der Waals surface area contributed by atoms with Gasteiger partial charge < -0.3 is 0 Å². The maximum absolute atomic E-state index is 12.2. The van der Waals surface area contributed by atoms with Crippen LogP contribution in [0.2, 0.25) is 0 Å². The maximum atomic E-state index is 12.2. The van der Waals surface area contributed by atoms with Crippen molar-refractivity contribution >= 4 is 15.7 Å². The van der Waals surface area contributed by atoms with E-state index in [-0.39, 0.29) is 5.25 Å². The van der Waals surface area contributed by atoms with Gasteiger partial charge >= 0.3 is 0 Å². The smallest absolute Gasteiger partial charge is 0.235 e. The number of hydrogen-bond donors (Lipinski definition) is 1. The Morgan fingerprint density at radius 2 is 1.95 bits per heavy atom. The second kappa shape index (κ2) is 5.95. The van der Waals surface area contributed by atoms with Crippen molar-refractivity contribution in [3.8, 4) is 0 Å². The molecule has 1 aliphatic carbocycles. The van der Waals surface area contributed by atoms with E-state index in [1.165, 1.54) is 5.56 Å². The summed E-state index contributed by atoms with van der Waals surface area (Å²) >= 11 is 0. The summed E-state index contributed by atoms with van der Waals surface area (Å²) in [5.41, 5.74) is 1.88. The molecule has 0 aliphatic heterocycles. The molecule has 0 saturated heterocycles. The number of hydrogen-bond acceptors (Lipinski definition) is 2. The first-order valence-electron chi connectivity index (χ1n) is 7.08. The Labute approximate surface area is 116 Å². The molecular weight excluding hydrogens is 258 g/mol. The molecule has 0 aromatic heterocycles. The Morgan fingerprint density at radius 3 is 2.58 bits per heavy atom. The van der Waals surface area contributed by atoms with Gasteiger partial charge in [-0.2, -0.15) is 0 Å². The van der Waals surface area contributed by atoms with Gasteiger partial charge in [-0.05, 0) is 42.9 Å². The van der Waals surface area contributed by atoms with Gasteiger partial charge in [0.15, 0.2) is 0 Å². The van der Waals surface area contributed by atoms with Crippen LogP contribution in [0, 0.1) is 5.92 Å². The minimum atomic E-state index is -3.21. The van der Waals surface area contributed by atoms with E-state index in [4.69, 9.17) is 0 Å². The summed E-state index contributed by atoms with van der Waals surface area (Å²) in [6.45, 7) is 4.32. The van der Waals surface area contributed by atoms with Gasteiger partial charge in [-0.3, -0.25) is 4.72 Å². The van der Waals surface area contributed by atoms with Crippen LogP contribution in [-0.2, 0) is 16.4 Å². The van der Waals surface area contributed by atoms with Gasteiger partial charge in [0.2, 0.25) is 10.0 Å². The maximum Gasteiger partial charge on any atom is 0.235 e. The van der Waals surface area contributed by atoms with E-state index < -0.39 is 10.0 Å². The zero-order valence-corrected chi connectivity index (χ0v) is 12.5. The highest BCUT2D eigenvalue weighted by atomic mass is 32.2. The number of rotatable bonds is 5. The topological polar surface area (TPSA) is 46.2 Å². The third-order valence-electron chi connectivity index (χ3n) is 3.57. The first kappa shape index (κ1) is 14.4. The van der Waals surface area contributed by atoms with Crippen LogP contribution >= 0.6 is 0 Å². The zero-order chi connectivity index (χ0) is 13.9. The van der Waals surface area contributed by atoms with Crippen LogP contribution in [0.1, 0.15) is 45.1 Å². The molecule has 0 radical (unpaired) electrons. The normalized spacial score (nSPS) is 17.0. The predicted molar refractivity (Wildman–Crippen MR) is 79.8 cm³/mol. The molecule has 1 N–H and O–H groups in total. The van der Waals surface area contributed by atoms with Crippen LogP contribution in [-0.4, -0.2) is 13.7 Å². The molecule has 0 amide bonds. The molecule has 0 bridgehead atoms. The van der Waals surface area contributed by atoms with Gasteiger partial charge in [-0.15, -0.1) is 0 Å². The third-order valence-corrected chi connectivity index (χ3v) is 5.44. The largest absolute Gasteiger partial charge is 0.283 e. The molecule has 0 spiro atoms. The Kier molecular flexibility index (Phi) is 4.50. The SMILES string of the molecule is CC(C)Cc1cccc(NS(=O)(=O)C2CCCC2)c1. The van der Waals surface area contributed by atoms with Crippen molar-refractivity contribution in [2.24, 2.45) is 5.92 Å². The molecule has 4 heteroatoms. The van der Waals surface area contributed by atoms with Crippen molar-refractivity contribution in [2.45, 2.75) is 51.2 Å². The van der Waals surface area contributed by atoms with Crippen LogP contribution in [0.4, 0.5) is 5.69 Å². The van der Waals surface area contributed by atoms with E-state index in [1.807, 2.05) is 24.3 Å². The minimum absolute atomic E-state index is 0.207. The summed E-state index contributed by atoms with van der Waals surface area (Å²) < 4.78 is 27.2. The summed E-state index contributed by atoms with van der Waals surface area (Å²) in [5, 5.41) is -0.207. The number of benzene rings is 1. The van der Waals surface area contributed by atoms with Crippen LogP contribution in [0.5, 0.6) is 0 Å². The predicted octanol–water partition coefficient (Wildman–Crippen LogP) is 3.57. The van der Waals surface area contributed by atoms with Crippen LogP contribution in [0.3, 0.4) is 0 Å². The van der Waals surface area contributed by atoms with Crippen LogP contribution in [0.25, 0.3) is 0 Å². The first-order chi connectivity index (χ1) is 8.97. The van der Waals surface area contributed by atoms with Crippen molar-refractivity contribution in [1.82, 2.24) is 0 Å². The lowest BCUT2D eigenvalue weighted by Gasteiger charge is -2.14. The van der Waals surface area contributed by atoms with Crippen LogP contribution in [0.15, 0.2) is 24.3 Å². The molecule has 1 aliphatic rings. The fourth-order valence-corrected chi connectivity index (χ4v) is 4.26. The molecule has 2 rings (SSSR count). The minimum Gasteiger partial charge on any atom is -0.283 e. The molecule has 0 unspecified atom stereocenters. The van der Waals surface area contributed by atoms with Crippen molar-refractivity contribution < 1.29 is 8.42 Å². The molecule has 0 atom stereocenters. The van der Waals surface area contributed by atoms with Crippen molar-refractivity contribution in [2.75, 3.05) is 4.72 Å². The van der Waals surface area contributed by atoms with E-state index in [1.54, 1.807) is 0 Å². The lowest BCUT2D eigenvalue weighted by Crippen LogP contribution is -2.25. The summed E-state index contributed by atoms with van der Waals surface area (Å²) in [7, 11) is -3.21. The second-order valence-electron chi connectivity index (χ2n) is 5.85. The molecule has 19 heavy (non-hydrogen) atoms. The fourth-order valence-electron chi connectivity index (χ4n) is 2.68. The lowest BCUT2D eigenvalue weighted by molar-refractivity contribution is 0.585. The summed E-state index contributed by atoms with van der Waals surface area (Å²) in [6, 6.07) is 7.75. The second-order valence-corrected chi connectivity index (χ2v) is 7.81. The Hall–Kier alpha value is -1.03. The van der Waals surface area contributed by atoms with Gasteiger partial charge in [0.1, 0.15) is 0 Å². The Balaban J connectivity index is 2.10. The molecule has 3 nitrogen and oxygen atoms in total. The molecule has 1 aromatic rings. The summed E-state index contributed by atoms with van der Waals surface area (Å²) in [5.74, 6) is 0.571. The van der Waals surface area contributed by atoms with E-state index in [0.29, 0.717) is 11.6 Å². The van der Waals surface area contributed by atoms with E-state index in [9.17, 15) is 8.42 Å². The van der Waals surface area contributed by atoms with E-state index in [0.717, 1.165) is 32.1 Å². The van der Waals surface area contributed by atoms with Gasteiger partial charge in [0.25, 0.3) is 0 Å². The monoisotopic (exact) mass is 281 g/mol. The van der Waals surface area contributed by atoms with E-state index >= 15 is 0 Å². The molecule has 1 saturated carbocycles. The Morgan fingerprint density at radius 1 is 1.26 bits per heavy atom. The highest BCUT2D eigenvalue weighted by Crippen LogP contribution is 2.26. The number of sulfonamides is 1. The van der Waals surface area contributed by atoms with E-state index in [2.05, 4.69) is 18.6 Å². The number of anilines is 1. The van der Waals surface area contributed by atoms with Crippen molar-refractivity contribution in [3.05, 3.63) is 29.8 Å².